The monoisotopic (exact) mass is 297 g/mol. The van der Waals surface area contributed by atoms with Gasteiger partial charge >= 0.3 is 0 Å². The Hall–Kier alpha value is -2.59. The Morgan fingerprint density at radius 3 is 2.48 bits per heavy atom. The molecule has 4 N–H and O–H groups in total. The van der Waals surface area contributed by atoms with Gasteiger partial charge in [-0.1, -0.05) is 48.0 Å². The van der Waals surface area contributed by atoms with E-state index in [1.165, 1.54) is 0 Å². The molecule has 0 atom stereocenters. The lowest BCUT2D eigenvalue weighted by Gasteiger charge is -2.11. The third-order valence-corrected chi connectivity index (χ3v) is 3.63. The summed E-state index contributed by atoms with van der Waals surface area (Å²) >= 11 is 6.17. The number of halogens is 1. The predicted molar refractivity (Wildman–Crippen MR) is 86.0 cm³/mol. The number of H-pyrrole nitrogens is 1. The minimum Gasteiger partial charge on any atom is -0.383 e. The van der Waals surface area contributed by atoms with Crippen LogP contribution in [-0.2, 0) is 0 Å². The van der Waals surface area contributed by atoms with E-state index in [1.54, 1.807) is 18.2 Å². The van der Waals surface area contributed by atoms with Crippen molar-refractivity contribution in [2.24, 2.45) is 5.73 Å². The van der Waals surface area contributed by atoms with Crippen molar-refractivity contribution < 1.29 is 0 Å². The fraction of sp³-hybridized carbons (Fsp3) is 0. The number of amidine groups is 1. The Balaban J connectivity index is 2.49. The Labute approximate surface area is 125 Å². The van der Waals surface area contributed by atoms with E-state index in [4.69, 9.17) is 22.7 Å². The molecule has 21 heavy (non-hydrogen) atoms. The Bertz CT molecular complexity index is 901. The zero-order valence-electron chi connectivity index (χ0n) is 11.0. The first-order chi connectivity index (χ1) is 10.1. The first-order valence-corrected chi connectivity index (χ1v) is 6.71. The number of aromatic amines is 1. The van der Waals surface area contributed by atoms with Crippen LogP contribution in [0, 0.1) is 5.41 Å². The van der Waals surface area contributed by atoms with Crippen molar-refractivity contribution in [3.05, 3.63) is 69.3 Å². The number of benzene rings is 2. The molecule has 104 valence electrons. The van der Waals surface area contributed by atoms with Gasteiger partial charge in [-0.2, -0.15) is 0 Å². The number of aromatic nitrogens is 1. The molecule has 0 aliphatic carbocycles. The highest BCUT2D eigenvalue weighted by Crippen LogP contribution is 2.25. The number of hydrogen-bond acceptors (Lipinski definition) is 2. The number of rotatable bonds is 2. The molecule has 5 heteroatoms. The second-order valence-corrected chi connectivity index (χ2v) is 5.05. The molecule has 0 saturated heterocycles. The maximum atomic E-state index is 12.6. The van der Waals surface area contributed by atoms with Crippen molar-refractivity contribution in [2.45, 2.75) is 0 Å². The van der Waals surface area contributed by atoms with E-state index in [9.17, 15) is 4.79 Å². The molecule has 0 fully saturated rings. The number of para-hydroxylation sites is 1. The van der Waals surface area contributed by atoms with Crippen LogP contribution in [0.3, 0.4) is 0 Å². The number of nitrogens with one attached hydrogen (secondary N) is 2. The highest BCUT2D eigenvalue weighted by molar-refractivity contribution is 6.35. The average molecular weight is 298 g/mol. The highest BCUT2D eigenvalue weighted by atomic mass is 35.5. The van der Waals surface area contributed by atoms with Gasteiger partial charge in [-0.25, -0.2) is 0 Å². The lowest BCUT2D eigenvalue weighted by atomic mass is 10.0. The molecule has 0 aliphatic heterocycles. The molecule has 3 aromatic rings. The SMILES string of the molecule is N=C(N)c1c(-c2ccccc2)[nH]c2c(Cl)cccc2c1=O. The van der Waals surface area contributed by atoms with Crippen LogP contribution in [0.1, 0.15) is 5.56 Å². The summed E-state index contributed by atoms with van der Waals surface area (Å²) in [7, 11) is 0. The van der Waals surface area contributed by atoms with E-state index >= 15 is 0 Å². The normalized spacial score (nSPS) is 10.7. The lowest BCUT2D eigenvalue weighted by Crippen LogP contribution is -2.24. The molecular formula is C16H12ClN3O. The first-order valence-electron chi connectivity index (χ1n) is 6.34. The second kappa shape index (κ2) is 5.07. The van der Waals surface area contributed by atoms with Crippen molar-refractivity contribution in [3.8, 4) is 11.3 Å². The van der Waals surface area contributed by atoms with E-state index in [2.05, 4.69) is 4.98 Å². The van der Waals surface area contributed by atoms with Crippen LogP contribution in [-0.4, -0.2) is 10.8 Å². The lowest BCUT2D eigenvalue weighted by molar-refractivity contribution is 1.33. The highest BCUT2D eigenvalue weighted by Gasteiger charge is 2.16. The molecule has 1 heterocycles. The molecule has 3 rings (SSSR count). The predicted octanol–water partition coefficient (Wildman–Crippen LogP) is 3.13. The fourth-order valence-electron chi connectivity index (χ4n) is 2.35. The quantitative estimate of drug-likeness (QED) is 0.501. The van der Waals surface area contributed by atoms with Gasteiger partial charge in [0, 0.05) is 5.39 Å². The van der Waals surface area contributed by atoms with Crippen LogP contribution >= 0.6 is 11.6 Å². The van der Waals surface area contributed by atoms with E-state index < -0.39 is 0 Å². The van der Waals surface area contributed by atoms with Gasteiger partial charge in [-0.3, -0.25) is 10.2 Å². The van der Waals surface area contributed by atoms with E-state index in [-0.39, 0.29) is 16.8 Å². The zero-order chi connectivity index (χ0) is 15.0. The standard InChI is InChI=1S/C16H12ClN3O/c17-11-8-4-7-10-14(11)20-13(9-5-2-1-3-6-9)12(15(10)21)16(18)19/h1-8H,(H3,18,19)(H,20,21). The number of hydrogen-bond donors (Lipinski definition) is 3. The van der Waals surface area contributed by atoms with Crippen LogP contribution in [0.15, 0.2) is 53.3 Å². The summed E-state index contributed by atoms with van der Waals surface area (Å²) in [4.78, 5) is 15.8. The first kappa shape index (κ1) is 13.4. The molecule has 0 saturated carbocycles. The van der Waals surface area contributed by atoms with E-state index in [1.807, 2.05) is 30.3 Å². The summed E-state index contributed by atoms with van der Waals surface area (Å²) in [5.41, 5.74) is 7.32. The minimum atomic E-state index is -0.294. The molecule has 0 amide bonds. The molecular weight excluding hydrogens is 286 g/mol. The van der Waals surface area contributed by atoms with Gasteiger partial charge in [-0.15, -0.1) is 0 Å². The third-order valence-electron chi connectivity index (χ3n) is 3.32. The molecule has 1 aromatic heterocycles. The molecule has 2 aromatic carbocycles. The largest absolute Gasteiger partial charge is 0.383 e. The van der Waals surface area contributed by atoms with Crippen LogP contribution in [0.4, 0.5) is 0 Å². The summed E-state index contributed by atoms with van der Waals surface area (Å²) in [6, 6.07) is 14.4. The zero-order valence-corrected chi connectivity index (χ0v) is 11.7. The molecule has 0 unspecified atom stereocenters. The summed E-state index contributed by atoms with van der Waals surface area (Å²) in [5.74, 6) is -0.267. The van der Waals surface area contributed by atoms with Gasteiger partial charge in [-0.05, 0) is 17.7 Å². The number of fused-ring (bicyclic) bond motifs is 1. The summed E-state index contributed by atoms with van der Waals surface area (Å²) < 4.78 is 0. The van der Waals surface area contributed by atoms with Crippen LogP contribution in [0.2, 0.25) is 5.02 Å². The minimum absolute atomic E-state index is 0.163. The molecule has 0 aliphatic rings. The maximum Gasteiger partial charge on any atom is 0.200 e. The van der Waals surface area contributed by atoms with Crippen LogP contribution in [0.25, 0.3) is 22.2 Å². The summed E-state index contributed by atoms with van der Waals surface area (Å²) in [6.45, 7) is 0. The van der Waals surface area contributed by atoms with E-state index in [0.29, 0.717) is 21.6 Å². The van der Waals surface area contributed by atoms with Gasteiger partial charge in [0.2, 0.25) is 5.43 Å². The van der Waals surface area contributed by atoms with Crippen molar-refractivity contribution in [3.63, 3.8) is 0 Å². The Kier molecular flexibility index (Phi) is 3.23. The van der Waals surface area contributed by atoms with Crippen molar-refractivity contribution >= 4 is 28.3 Å². The summed E-state index contributed by atoms with van der Waals surface area (Å²) in [5, 5.41) is 8.60. The third kappa shape index (κ3) is 2.19. The smallest absolute Gasteiger partial charge is 0.200 e. The molecule has 0 radical (unpaired) electrons. The molecule has 0 bridgehead atoms. The molecule has 4 nitrogen and oxygen atoms in total. The van der Waals surface area contributed by atoms with Gasteiger partial charge in [0.1, 0.15) is 5.84 Å². The number of nitrogen functional groups attached to an aromatic ring is 1. The maximum absolute atomic E-state index is 12.6. The Morgan fingerprint density at radius 2 is 1.81 bits per heavy atom. The molecule has 0 spiro atoms. The summed E-state index contributed by atoms with van der Waals surface area (Å²) in [6.07, 6.45) is 0. The second-order valence-electron chi connectivity index (χ2n) is 4.65. The van der Waals surface area contributed by atoms with E-state index in [0.717, 1.165) is 5.56 Å². The fourth-order valence-corrected chi connectivity index (χ4v) is 2.58. The topological polar surface area (TPSA) is 82.7 Å². The van der Waals surface area contributed by atoms with Gasteiger partial charge in [0.05, 0.1) is 21.8 Å². The Morgan fingerprint density at radius 1 is 1.10 bits per heavy atom. The van der Waals surface area contributed by atoms with Crippen molar-refractivity contribution in [1.82, 2.24) is 4.98 Å². The van der Waals surface area contributed by atoms with Gasteiger partial charge in [0.25, 0.3) is 0 Å². The van der Waals surface area contributed by atoms with Gasteiger partial charge in [0.15, 0.2) is 0 Å². The van der Waals surface area contributed by atoms with Crippen molar-refractivity contribution in [2.75, 3.05) is 0 Å². The van der Waals surface area contributed by atoms with Crippen LogP contribution in [0.5, 0.6) is 0 Å². The number of nitrogens with two attached hydrogens (primary N) is 1. The van der Waals surface area contributed by atoms with Crippen LogP contribution < -0.4 is 11.2 Å². The average Bonchev–Trinajstić information content (AvgIpc) is 2.48. The van der Waals surface area contributed by atoms with Gasteiger partial charge < -0.3 is 10.7 Å². The number of pyridine rings is 1. The van der Waals surface area contributed by atoms with Crippen molar-refractivity contribution in [1.29, 1.82) is 5.41 Å².